The Morgan fingerprint density at radius 3 is 2.74 bits per heavy atom. The Morgan fingerprint density at radius 2 is 2.03 bits per heavy atom. The van der Waals surface area contributed by atoms with Crippen molar-refractivity contribution >= 4 is 22.8 Å². The molecule has 31 heavy (non-hydrogen) atoms. The number of alkyl halides is 2. The summed E-state index contributed by atoms with van der Waals surface area (Å²) < 4.78 is 38.7. The topological polar surface area (TPSA) is 106 Å². The normalized spacial score (nSPS) is 18.4. The van der Waals surface area contributed by atoms with E-state index in [1.165, 1.54) is 6.08 Å². The van der Waals surface area contributed by atoms with Crippen molar-refractivity contribution in [1.29, 1.82) is 5.41 Å². The van der Waals surface area contributed by atoms with Crippen molar-refractivity contribution in [2.75, 3.05) is 32.9 Å². The van der Waals surface area contributed by atoms with Gasteiger partial charge in [0.15, 0.2) is 11.7 Å². The Labute approximate surface area is 178 Å². The van der Waals surface area contributed by atoms with Crippen LogP contribution in [0.15, 0.2) is 36.2 Å². The molecule has 0 atom stereocenters. The molecule has 0 radical (unpaired) electrons. The van der Waals surface area contributed by atoms with Crippen molar-refractivity contribution in [3.05, 3.63) is 42.0 Å². The van der Waals surface area contributed by atoms with E-state index in [-0.39, 0.29) is 29.5 Å². The molecule has 3 heterocycles. The molecule has 3 N–H and O–H groups in total. The smallest absolute Gasteiger partial charge is 0.296 e. The van der Waals surface area contributed by atoms with Crippen molar-refractivity contribution in [3.8, 4) is 0 Å². The lowest BCUT2D eigenvalue weighted by Gasteiger charge is -2.41. The van der Waals surface area contributed by atoms with Gasteiger partial charge in [0.05, 0.1) is 17.6 Å². The van der Waals surface area contributed by atoms with Gasteiger partial charge >= 0.3 is 0 Å². The summed E-state index contributed by atoms with van der Waals surface area (Å²) >= 11 is 0. The van der Waals surface area contributed by atoms with Gasteiger partial charge in [0, 0.05) is 44.2 Å². The van der Waals surface area contributed by atoms with Gasteiger partial charge in [-0.05, 0) is 25.0 Å². The van der Waals surface area contributed by atoms with Crippen LogP contribution in [-0.4, -0.2) is 59.1 Å². The van der Waals surface area contributed by atoms with Crippen LogP contribution >= 0.6 is 0 Å². The van der Waals surface area contributed by atoms with E-state index in [2.05, 4.69) is 4.98 Å². The molecule has 2 aliphatic rings. The Balaban J connectivity index is 1.33. The number of amides is 1. The Kier molecular flexibility index (Phi) is 6.17. The number of hydrogen-bond donors (Lipinski definition) is 2. The van der Waals surface area contributed by atoms with Gasteiger partial charge in [-0.1, -0.05) is 12.1 Å². The van der Waals surface area contributed by atoms with E-state index in [1.807, 2.05) is 4.90 Å². The predicted octanol–water partition coefficient (Wildman–Crippen LogP) is 2.50. The monoisotopic (exact) mass is 433 g/mol. The van der Waals surface area contributed by atoms with Crippen molar-refractivity contribution in [1.82, 2.24) is 14.5 Å². The molecule has 0 aliphatic carbocycles. The first-order valence-corrected chi connectivity index (χ1v) is 10.2. The molecule has 4 rings (SSSR count). The number of allylic oxidation sites excluding steroid dienone is 1. The van der Waals surface area contributed by atoms with E-state index < -0.39 is 12.2 Å². The van der Waals surface area contributed by atoms with Crippen LogP contribution in [0.25, 0.3) is 11.0 Å². The zero-order chi connectivity index (χ0) is 22.0. The largest absolute Gasteiger partial charge is 0.479 e. The molecule has 166 valence electrons. The van der Waals surface area contributed by atoms with E-state index in [1.54, 1.807) is 24.3 Å². The summed E-state index contributed by atoms with van der Waals surface area (Å²) in [7, 11) is 0. The lowest BCUT2D eigenvalue weighted by atomic mass is 9.94. The summed E-state index contributed by atoms with van der Waals surface area (Å²) in [5.74, 6) is -0.470. The second kappa shape index (κ2) is 9.01. The van der Waals surface area contributed by atoms with Crippen LogP contribution in [-0.2, 0) is 14.3 Å². The van der Waals surface area contributed by atoms with Crippen LogP contribution in [0.3, 0.4) is 0 Å². The number of halogens is 2. The second-order valence-electron chi connectivity index (χ2n) is 7.83. The fraction of sp³-hybridized carbons (Fsp3) is 0.476. The molecule has 0 spiro atoms. The summed E-state index contributed by atoms with van der Waals surface area (Å²) in [4.78, 5) is 18.2. The fourth-order valence-electron chi connectivity index (χ4n) is 3.96. The van der Waals surface area contributed by atoms with E-state index in [9.17, 15) is 13.6 Å². The van der Waals surface area contributed by atoms with Crippen LogP contribution in [0, 0.1) is 17.2 Å². The number of carbonyl (C=O) groups excluding carboxylic acids is 1. The molecule has 10 heteroatoms. The van der Waals surface area contributed by atoms with Gasteiger partial charge in [0.2, 0.25) is 5.91 Å². The Hall–Kier alpha value is -3.01. The molecule has 0 saturated carbocycles. The van der Waals surface area contributed by atoms with E-state index in [0.717, 1.165) is 17.4 Å². The first-order chi connectivity index (χ1) is 14.9. The SMILES string of the molecule is N=C(C=C(N)OCC1CN(C(=O)C2CCOCC2)C1)n1c(C(F)F)nc2ccccc21. The molecular formula is C21H25F2N5O3. The van der Waals surface area contributed by atoms with Gasteiger partial charge in [-0.15, -0.1) is 0 Å². The Morgan fingerprint density at radius 1 is 1.32 bits per heavy atom. The van der Waals surface area contributed by atoms with Gasteiger partial charge in [-0.3, -0.25) is 14.8 Å². The third-order valence-corrected chi connectivity index (χ3v) is 5.63. The van der Waals surface area contributed by atoms with Crippen LogP contribution in [0.5, 0.6) is 0 Å². The van der Waals surface area contributed by atoms with Crippen molar-refractivity contribution in [3.63, 3.8) is 0 Å². The summed E-state index contributed by atoms with van der Waals surface area (Å²) in [6.45, 7) is 2.75. The van der Waals surface area contributed by atoms with Crippen molar-refractivity contribution < 1.29 is 23.0 Å². The van der Waals surface area contributed by atoms with Crippen molar-refractivity contribution in [2.24, 2.45) is 17.6 Å². The maximum atomic E-state index is 13.4. The highest BCUT2D eigenvalue weighted by molar-refractivity contribution is 5.99. The molecule has 1 aromatic heterocycles. The number of rotatable bonds is 6. The number of nitrogens with zero attached hydrogens (tertiary/aromatic N) is 3. The van der Waals surface area contributed by atoms with Crippen LogP contribution in [0.1, 0.15) is 25.1 Å². The van der Waals surface area contributed by atoms with Crippen LogP contribution in [0.2, 0.25) is 0 Å². The minimum Gasteiger partial charge on any atom is -0.479 e. The number of nitrogens with one attached hydrogen (secondary N) is 1. The highest BCUT2D eigenvalue weighted by Gasteiger charge is 2.35. The molecule has 0 unspecified atom stereocenters. The molecule has 1 aromatic carbocycles. The van der Waals surface area contributed by atoms with Gasteiger partial charge in [0.1, 0.15) is 5.84 Å². The molecule has 2 aromatic rings. The maximum absolute atomic E-state index is 13.4. The number of hydrogen-bond acceptors (Lipinski definition) is 6. The maximum Gasteiger partial charge on any atom is 0.296 e. The zero-order valence-electron chi connectivity index (χ0n) is 17.0. The number of aromatic nitrogens is 2. The van der Waals surface area contributed by atoms with E-state index >= 15 is 0 Å². The van der Waals surface area contributed by atoms with E-state index in [4.69, 9.17) is 20.6 Å². The molecule has 0 bridgehead atoms. The third kappa shape index (κ3) is 4.53. The minimum atomic E-state index is -2.84. The lowest BCUT2D eigenvalue weighted by Crippen LogP contribution is -2.54. The number of benzene rings is 1. The number of imidazole rings is 1. The van der Waals surface area contributed by atoms with Gasteiger partial charge in [-0.2, -0.15) is 0 Å². The number of likely N-dealkylation sites (tertiary alicyclic amines) is 1. The number of ether oxygens (including phenoxy) is 2. The number of para-hydroxylation sites is 2. The molecule has 2 aliphatic heterocycles. The summed E-state index contributed by atoms with van der Waals surface area (Å²) in [5.41, 5.74) is 6.64. The number of nitrogens with two attached hydrogens (primary N) is 1. The van der Waals surface area contributed by atoms with E-state index in [0.29, 0.717) is 43.9 Å². The average molecular weight is 433 g/mol. The van der Waals surface area contributed by atoms with Crippen LogP contribution < -0.4 is 5.73 Å². The first kappa shape index (κ1) is 21.2. The van der Waals surface area contributed by atoms with Gasteiger partial charge in [0.25, 0.3) is 6.43 Å². The summed E-state index contributed by atoms with van der Waals surface area (Å²) in [6.07, 6.45) is -0.114. The fourth-order valence-corrected chi connectivity index (χ4v) is 3.96. The van der Waals surface area contributed by atoms with Crippen LogP contribution in [0.4, 0.5) is 8.78 Å². The Bertz CT molecular complexity index is 994. The highest BCUT2D eigenvalue weighted by atomic mass is 19.3. The average Bonchev–Trinajstić information content (AvgIpc) is 3.13. The number of fused-ring (bicyclic) bond motifs is 1. The second-order valence-corrected chi connectivity index (χ2v) is 7.83. The predicted molar refractivity (Wildman–Crippen MR) is 110 cm³/mol. The van der Waals surface area contributed by atoms with Gasteiger partial charge in [-0.25, -0.2) is 13.8 Å². The number of carbonyl (C=O) groups is 1. The lowest BCUT2D eigenvalue weighted by molar-refractivity contribution is -0.146. The third-order valence-electron chi connectivity index (χ3n) is 5.63. The quantitative estimate of drug-likeness (QED) is 0.414. The first-order valence-electron chi connectivity index (χ1n) is 10.2. The summed E-state index contributed by atoms with van der Waals surface area (Å²) in [6, 6.07) is 6.61. The van der Waals surface area contributed by atoms with Gasteiger partial charge < -0.3 is 20.1 Å². The molecule has 1 amide bonds. The molecule has 8 nitrogen and oxygen atoms in total. The minimum absolute atomic E-state index is 0.0371. The standard InChI is InChI=1S/C21H25F2N5O3/c22-19(23)20-26-15-3-1-2-4-16(15)28(20)17(24)9-18(25)31-12-13-10-27(11-13)21(29)14-5-7-30-8-6-14/h1-4,9,13-14,19,24H,5-8,10-12,25H2. The molecular weight excluding hydrogens is 408 g/mol. The highest BCUT2D eigenvalue weighted by Crippen LogP contribution is 2.25. The molecule has 2 saturated heterocycles. The molecule has 2 fully saturated rings. The summed E-state index contributed by atoms with van der Waals surface area (Å²) in [5, 5.41) is 8.23. The van der Waals surface area contributed by atoms with Crippen molar-refractivity contribution in [2.45, 2.75) is 19.3 Å². The zero-order valence-corrected chi connectivity index (χ0v) is 17.0.